The maximum absolute atomic E-state index is 11.8. The predicted molar refractivity (Wildman–Crippen MR) is 60.0 cm³/mol. The van der Waals surface area contributed by atoms with Crippen LogP contribution >= 0.6 is 0 Å². The maximum Gasteiger partial charge on any atom is 0.254 e. The van der Waals surface area contributed by atoms with Gasteiger partial charge in [-0.05, 0) is 16.8 Å². The van der Waals surface area contributed by atoms with Gasteiger partial charge in [-0.3, -0.25) is 4.79 Å². The molecule has 1 aliphatic rings. The van der Waals surface area contributed by atoms with Crippen LogP contribution in [0.2, 0.25) is 0 Å². The summed E-state index contributed by atoms with van der Waals surface area (Å²) in [5.74, 6) is 0.586. The van der Waals surface area contributed by atoms with E-state index in [9.17, 15) is 4.79 Å². The van der Waals surface area contributed by atoms with Crippen LogP contribution < -0.4 is 0 Å². The van der Waals surface area contributed by atoms with Crippen LogP contribution in [0.3, 0.4) is 0 Å². The lowest BCUT2D eigenvalue weighted by Crippen LogP contribution is -2.17. The summed E-state index contributed by atoms with van der Waals surface area (Å²) < 4.78 is 0. The Bertz CT molecular complexity index is 604. The molecule has 86 valence electrons. The Morgan fingerprint density at radius 1 is 1.29 bits per heavy atom. The Labute approximate surface area is 97.8 Å². The molecule has 17 heavy (non-hydrogen) atoms. The Morgan fingerprint density at radius 2 is 2.12 bits per heavy atom. The zero-order valence-corrected chi connectivity index (χ0v) is 9.58. The summed E-state index contributed by atoms with van der Waals surface area (Å²) in [5.41, 5.74) is 2.60. The number of nitrogens with zero attached hydrogens (tertiary/aromatic N) is 5. The molecule has 0 spiro atoms. The summed E-state index contributed by atoms with van der Waals surface area (Å²) in [7, 11) is 3.51. The summed E-state index contributed by atoms with van der Waals surface area (Å²) in [4.78, 5) is 14.9. The number of aryl methyl sites for hydroxylation is 1. The molecule has 0 saturated carbocycles. The first-order valence-corrected chi connectivity index (χ1v) is 5.28. The van der Waals surface area contributed by atoms with Gasteiger partial charge >= 0.3 is 0 Å². The number of aromatic nitrogens is 4. The summed E-state index contributed by atoms with van der Waals surface area (Å²) >= 11 is 0. The van der Waals surface area contributed by atoms with Crippen LogP contribution in [0.4, 0.5) is 0 Å². The van der Waals surface area contributed by atoms with Crippen molar-refractivity contribution in [3.05, 3.63) is 29.3 Å². The van der Waals surface area contributed by atoms with Crippen molar-refractivity contribution >= 4 is 5.91 Å². The minimum Gasteiger partial charge on any atom is -0.337 e. The number of carbonyl (C=O) groups excluding carboxylic acids is 1. The molecular formula is C11H11N5O. The molecule has 1 aliphatic heterocycles. The van der Waals surface area contributed by atoms with E-state index in [1.165, 1.54) is 4.80 Å². The molecule has 2 aromatic rings. The second kappa shape index (κ2) is 3.38. The zero-order chi connectivity index (χ0) is 12.0. The second-order valence-corrected chi connectivity index (χ2v) is 4.14. The van der Waals surface area contributed by atoms with Crippen LogP contribution in [0.15, 0.2) is 18.2 Å². The predicted octanol–water partition coefficient (Wildman–Crippen LogP) is 0.463. The van der Waals surface area contributed by atoms with Gasteiger partial charge in [0.05, 0.1) is 7.05 Å². The molecule has 0 aliphatic carbocycles. The first kappa shape index (κ1) is 9.95. The standard InChI is InChI=1S/C11H11N5O/c1-15-6-8-4-3-7(5-9(8)11(15)17)10-12-14-16(2)13-10/h3-5H,6H2,1-2H3. The molecule has 1 amide bonds. The van der Waals surface area contributed by atoms with Gasteiger partial charge in [-0.1, -0.05) is 12.1 Å². The van der Waals surface area contributed by atoms with E-state index in [-0.39, 0.29) is 5.91 Å². The highest BCUT2D eigenvalue weighted by molar-refractivity contribution is 5.99. The van der Waals surface area contributed by atoms with E-state index in [1.54, 1.807) is 19.0 Å². The van der Waals surface area contributed by atoms with E-state index in [4.69, 9.17) is 0 Å². The minimum absolute atomic E-state index is 0.0470. The number of amides is 1. The normalized spacial score (nSPS) is 14.2. The maximum atomic E-state index is 11.8. The van der Waals surface area contributed by atoms with Crippen molar-refractivity contribution in [2.45, 2.75) is 6.54 Å². The van der Waals surface area contributed by atoms with Crippen molar-refractivity contribution in [2.24, 2.45) is 7.05 Å². The van der Waals surface area contributed by atoms with Crippen molar-refractivity contribution in [1.29, 1.82) is 0 Å². The van der Waals surface area contributed by atoms with Crippen molar-refractivity contribution in [3.8, 4) is 11.4 Å². The van der Waals surface area contributed by atoms with Gasteiger partial charge < -0.3 is 4.90 Å². The SMILES string of the molecule is CN1Cc2ccc(-c3nnn(C)n3)cc2C1=O. The lowest BCUT2D eigenvalue weighted by molar-refractivity contribution is 0.0816. The number of carbonyl (C=O) groups is 1. The molecule has 6 nitrogen and oxygen atoms in total. The third-order valence-corrected chi connectivity index (χ3v) is 2.86. The van der Waals surface area contributed by atoms with Gasteiger partial charge in [0, 0.05) is 24.7 Å². The van der Waals surface area contributed by atoms with Gasteiger partial charge in [0.1, 0.15) is 0 Å². The number of fused-ring (bicyclic) bond motifs is 1. The number of rotatable bonds is 1. The molecule has 0 N–H and O–H groups in total. The smallest absolute Gasteiger partial charge is 0.254 e. The highest BCUT2D eigenvalue weighted by Crippen LogP contribution is 2.25. The van der Waals surface area contributed by atoms with Gasteiger partial charge in [0.25, 0.3) is 5.91 Å². The molecular weight excluding hydrogens is 218 g/mol. The Balaban J connectivity index is 2.08. The zero-order valence-electron chi connectivity index (χ0n) is 9.58. The average Bonchev–Trinajstić information content (AvgIpc) is 2.85. The number of tetrazole rings is 1. The quantitative estimate of drug-likeness (QED) is 0.712. The van der Waals surface area contributed by atoms with Crippen molar-refractivity contribution in [2.75, 3.05) is 7.05 Å². The molecule has 1 aromatic heterocycles. The third-order valence-electron chi connectivity index (χ3n) is 2.86. The Kier molecular flexibility index (Phi) is 1.98. The van der Waals surface area contributed by atoms with Crippen molar-refractivity contribution in [1.82, 2.24) is 25.1 Å². The van der Waals surface area contributed by atoms with Crippen LogP contribution in [0.5, 0.6) is 0 Å². The van der Waals surface area contributed by atoms with Crippen molar-refractivity contribution in [3.63, 3.8) is 0 Å². The van der Waals surface area contributed by atoms with E-state index in [2.05, 4.69) is 15.4 Å². The van der Waals surface area contributed by atoms with Gasteiger partial charge in [-0.25, -0.2) is 0 Å². The number of hydrogen-bond acceptors (Lipinski definition) is 4. The minimum atomic E-state index is 0.0470. The lowest BCUT2D eigenvalue weighted by Gasteiger charge is -2.04. The fourth-order valence-corrected chi connectivity index (χ4v) is 1.99. The molecule has 0 radical (unpaired) electrons. The van der Waals surface area contributed by atoms with Crippen LogP contribution in [0.1, 0.15) is 15.9 Å². The van der Waals surface area contributed by atoms with Crippen LogP contribution in [-0.4, -0.2) is 38.1 Å². The fourth-order valence-electron chi connectivity index (χ4n) is 1.99. The van der Waals surface area contributed by atoms with E-state index >= 15 is 0 Å². The topological polar surface area (TPSA) is 63.9 Å². The highest BCUT2D eigenvalue weighted by Gasteiger charge is 2.24. The molecule has 0 fully saturated rings. The first-order valence-electron chi connectivity index (χ1n) is 5.28. The van der Waals surface area contributed by atoms with Gasteiger partial charge in [-0.2, -0.15) is 4.80 Å². The largest absolute Gasteiger partial charge is 0.337 e. The van der Waals surface area contributed by atoms with E-state index in [0.29, 0.717) is 12.4 Å². The monoisotopic (exact) mass is 229 g/mol. The first-order chi connectivity index (χ1) is 8.15. The summed E-state index contributed by atoms with van der Waals surface area (Å²) in [6.07, 6.45) is 0. The summed E-state index contributed by atoms with van der Waals surface area (Å²) in [5, 5.41) is 11.8. The Morgan fingerprint density at radius 3 is 2.82 bits per heavy atom. The molecule has 0 unspecified atom stereocenters. The number of benzene rings is 1. The van der Waals surface area contributed by atoms with Crippen LogP contribution in [0, 0.1) is 0 Å². The van der Waals surface area contributed by atoms with E-state index < -0.39 is 0 Å². The fraction of sp³-hybridized carbons (Fsp3) is 0.273. The number of hydrogen-bond donors (Lipinski definition) is 0. The average molecular weight is 229 g/mol. The Hall–Kier alpha value is -2.24. The summed E-state index contributed by atoms with van der Waals surface area (Å²) in [6.45, 7) is 0.669. The molecule has 0 bridgehead atoms. The second-order valence-electron chi connectivity index (χ2n) is 4.14. The van der Waals surface area contributed by atoms with Crippen molar-refractivity contribution < 1.29 is 4.79 Å². The van der Waals surface area contributed by atoms with E-state index in [1.807, 2.05) is 18.2 Å². The molecule has 0 saturated heterocycles. The van der Waals surface area contributed by atoms with Gasteiger partial charge in [0.2, 0.25) is 5.82 Å². The van der Waals surface area contributed by atoms with Gasteiger partial charge in [0.15, 0.2) is 0 Å². The molecule has 6 heteroatoms. The molecule has 0 atom stereocenters. The molecule has 1 aromatic carbocycles. The summed E-state index contributed by atoms with van der Waals surface area (Å²) in [6, 6.07) is 5.70. The van der Waals surface area contributed by atoms with Crippen LogP contribution in [0.25, 0.3) is 11.4 Å². The highest BCUT2D eigenvalue weighted by atomic mass is 16.2. The van der Waals surface area contributed by atoms with Gasteiger partial charge in [-0.15, -0.1) is 10.2 Å². The van der Waals surface area contributed by atoms with Crippen LogP contribution in [-0.2, 0) is 13.6 Å². The third kappa shape index (κ3) is 1.49. The van der Waals surface area contributed by atoms with E-state index in [0.717, 1.165) is 16.7 Å². The molecule has 2 heterocycles. The lowest BCUT2D eigenvalue weighted by atomic mass is 10.1. The molecule has 3 rings (SSSR count).